The summed E-state index contributed by atoms with van der Waals surface area (Å²) in [5, 5.41) is 9.32. The van der Waals surface area contributed by atoms with Crippen LogP contribution in [0.3, 0.4) is 0 Å². The molecule has 0 aliphatic carbocycles. The van der Waals surface area contributed by atoms with E-state index >= 15 is 0 Å². The van der Waals surface area contributed by atoms with Crippen LogP contribution < -0.4 is 5.32 Å². The Hall–Kier alpha value is -1.70. The summed E-state index contributed by atoms with van der Waals surface area (Å²) in [4.78, 5) is 19.0. The SMILES string of the molecule is Cc1noc(C)c1CN1CCc2c(C(=O)NC(C)CN3CCCC3)csc2C1. The summed E-state index contributed by atoms with van der Waals surface area (Å²) >= 11 is 1.71. The Kier molecular flexibility index (Phi) is 5.85. The van der Waals surface area contributed by atoms with Gasteiger partial charge in [0.15, 0.2) is 0 Å². The number of carbonyl (C=O) groups is 1. The third kappa shape index (κ3) is 4.16. The molecule has 4 heterocycles. The molecule has 2 aliphatic heterocycles. The fraction of sp³-hybridized carbons (Fsp3) is 0.619. The van der Waals surface area contributed by atoms with E-state index in [0.717, 1.165) is 62.7 Å². The fourth-order valence-electron chi connectivity index (χ4n) is 4.36. The average molecular weight is 403 g/mol. The lowest BCUT2D eigenvalue weighted by Crippen LogP contribution is -2.41. The van der Waals surface area contributed by atoms with E-state index in [0.29, 0.717) is 0 Å². The predicted octanol–water partition coefficient (Wildman–Crippen LogP) is 3.13. The molecule has 4 rings (SSSR count). The summed E-state index contributed by atoms with van der Waals surface area (Å²) in [6.07, 6.45) is 3.48. The molecule has 0 aromatic carbocycles. The maximum Gasteiger partial charge on any atom is 0.252 e. The van der Waals surface area contributed by atoms with E-state index in [1.165, 1.54) is 28.8 Å². The first kappa shape index (κ1) is 19.6. The van der Waals surface area contributed by atoms with Gasteiger partial charge in [-0.2, -0.15) is 0 Å². The Labute approximate surface area is 170 Å². The molecule has 28 heavy (non-hydrogen) atoms. The van der Waals surface area contributed by atoms with Crippen molar-refractivity contribution in [1.82, 2.24) is 20.3 Å². The van der Waals surface area contributed by atoms with Crippen molar-refractivity contribution >= 4 is 17.2 Å². The number of rotatable bonds is 6. The molecule has 1 saturated heterocycles. The molecular weight excluding hydrogens is 372 g/mol. The predicted molar refractivity (Wildman–Crippen MR) is 111 cm³/mol. The van der Waals surface area contributed by atoms with Crippen LogP contribution in [-0.4, -0.2) is 53.1 Å². The van der Waals surface area contributed by atoms with Crippen molar-refractivity contribution in [3.63, 3.8) is 0 Å². The molecule has 1 atom stereocenters. The van der Waals surface area contributed by atoms with Crippen LogP contribution in [0.5, 0.6) is 0 Å². The van der Waals surface area contributed by atoms with Gasteiger partial charge in [-0.15, -0.1) is 11.3 Å². The van der Waals surface area contributed by atoms with Gasteiger partial charge in [0.25, 0.3) is 5.91 Å². The number of carbonyl (C=O) groups excluding carboxylic acids is 1. The standard InChI is InChI=1S/C21H30N4O2S/c1-14(10-24-7-4-5-8-24)22-21(26)19-13-28-20-12-25(9-6-17(19)20)11-18-15(2)23-27-16(18)3/h13-14H,4-12H2,1-3H3,(H,22,26). The number of fused-ring (bicyclic) bond motifs is 1. The summed E-state index contributed by atoms with van der Waals surface area (Å²) in [6, 6.07) is 0.181. The molecule has 6 nitrogen and oxygen atoms in total. The van der Waals surface area contributed by atoms with Gasteiger partial charge in [0.05, 0.1) is 11.3 Å². The number of thiophene rings is 1. The van der Waals surface area contributed by atoms with Crippen LogP contribution in [-0.2, 0) is 19.5 Å². The van der Waals surface area contributed by atoms with Crippen molar-refractivity contribution in [3.05, 3.63) is 38.4 Å². The second-order valence-electron chi connectivity index (χ2n) is 8.20. The molecule has 0 bridgehead atoms. The number of aromatic nitrogens is 1. The van der Waals surface area contributed by atoms with Gasteiger partial charge in [-0.25, -0.2) is 0 Å². The summed E-state index contributed by atoms with van der Waals surface area (Å²) in [5.74, 6) is 0.991. The molecule has 0 radical (unpaired) electrons. The van der Waals surface area contributed by atoms with Crippen molar-refractivity contribution < 1.29 is 9.32 Å². The monoisotopic (exact) mass is 402 g/mol. The van der Waals surface area contributed by atoms with Gasteiger partial charge in [-0.05, 0) is 58.7 Å². The Bertz CT molecular complexity index is 818. The zero-order chi connectivity index (χ0) is 19.7. The number of hydrogen-bond donors (Lipinski definition) is 1. The molecule has 0 saturated carbocycles. The van der Waals surface area contributed by atoms with Crippen LogP contribution >= 0.6 is 11.3 Å². The Morgan fingerprint density at radius 3 is 2.79 bits per heavy atom. The van der Waals surface area contributed by atoms with Gasteiger partial charge >= 0.3 is 0 Å². The van der Waals surface area contributed by atoms with Crippen LogP contribution in [0.2, 0.25) is 0 Å². The third-order valence-corrected chi connectivity index (χ3v) is 6.96. The van der Waals surface area contributed by atoms with E-state index < -0.39 is 0 Å². The largest absolute Gasteiger partial charge is 0.361 e. The molecule has 1 N–H and O–H groups in total. The minimum absolute atomic E-state index is 0.0865. The van der Waals surface area contributed by atoms with Gasteiger partial charge < -0.3 is 14.7 Å². The maximum absolute atomic E-state index is 12.8. The van der Waals surface area contributed by atoms with Gasteiger partial charge in [0.2, 0.25) is 0 Å². The van der Waals surface area contributed by atoms with E-state index in [2.05, 4.69) is 27.2 Å². The highest BCUT2D eigenvalue weighted by molar-refractivity contribution is 7.10. The Balaban J connectivity index is 1.37. The lowest BCUT2D eigenvalue weighted by atomic mass is 10.0. The smallest absolute Gasteiger partial charge is 0.252 e. The quantitative estimate of drug-likeness (QED) is 0.804. The van der Waals surface area contributed by atoms with Gasteiger partial charge in [-0.3, -0.25) is 9.69 Å². The molecule has 152 valence electrons. The van der Waals surface area contributed by atoms with Crippen molar-refractivity contribution in [2.75, 3.05) is 26.2 Å². The highest BCUT2D eigenvalue weighted by atomic mass is 32.1. The summed E-state index contributed by atoms with van der Waals surface area (Å²) in [6.45, 7) is 12.1. The lowest BCUT2D eigenvalue weighted by molar-refractivity contribution is 0.0930. The maximum atomic E-state index is 12.8. The Morgan fingerprint density at radius 2 is 2.07 bits per heavy atom. The highest BCUT2D eigenvalue weighted by Crippen LogP contribution is 2.30. The van der Waals surface area contributed by atoms with E-state index in [-0.39, 0.29) is 11.9 Å². The van der Waals surface area contributed by atoms with Crippen molar-refractivity contribution in [3.8, 4) is 0 Å². The van der Waals surface area contributed by atoms with Crippen molar-refractivity contribution in [2.45, 2.75) is 59.2 Å². The normalized spacial score (nSPS) is 19.0. The zero-order valence-corrected chi connectivity index (χ0v) is 17.9. The summed E-state index contributed by atoms with van der Waals surface area (Å²) < 4.78 is 5.30. The van der Waals surface area contributed by atoms with Crippen molar-refractivity contribution in [1.29, 1.82) is 0 Å². The first-order valence-electron chi connectivity index (χ1n) is 10.3. The molecule has 2 aromatic heterocycles. The number of hydrogen-bond acceptors (Lipinski definition) is 6. The number of aryl methyl sites for hydroxylation is 2. The summed E-state index contributed by atoms with van der Waals surface area (Å²) in [7, 11) is 0. The van der Waals surface area contributed by atoms with Gasteiger partial charge in [-0.1, -0.05) is 5.16 Å². The molecular formula is C21H30N4O2S. The lowest BCUT2D eigenvalue weighted by Gasteiger charge is -2.27. The van der Waals surface area contributed by atoms with Crippen molar-refractivity contribution in [2.24, 2.45) is 0 Å². The van der Waals surface area contributed by atoms with E-state index in [4.69, 9.17) is 4.52 Å². The molecule has 2 aromatic rings. The summed E-state index contributed by atoms with van der Waals surface area (Å²) in [5.41, 5.74) is 4.28. The number of nitrogens with one attached hydrogen (secondary N) is 1. The number of nitrogens with zero attached hydrogens (tertiary/aromatic N) is 3. The van der Waals surface area contributed by atoms with E-state index in [9.17, 15) is 4.79 Å². The Morgan fingerprint density at radius 1 is 1.29 bits per heavy atom. The van der Waals surface area contributed by atoms with Crippen LogP contribution in [0.15, 0.2) is 9.90 Å². The fourth-order valence-corrected chi connectivity index (χ4v) is 5.48. The minimum atomic E-state index is 0.0865. The molecule has 1 unspecified atom stereocenters. The first-order chi connectivity index (χ1) is 13.5. The molecule has 2 aliphatic rings. The minimum Gasteiger partial charge on any atom is -0.361 e. The van der Waals surface area contributed by atoms with Gasteiger partial charge in [0.1, 0.15) is 5.76 Å². The van der Waals surface area contributed by atoms with Crippen LogP contribution in [0.25, 0.3) is 0 Å². The third-order valence-electron chi connectivity index (χ3n) is 5.94. The first-order valence-corrected chi connectivity index (χ1v) is 11.2. The molecule has 0 spiro atoms. The van der Waals surface area contributed by atoms with Crippen LogP contribution in [0.1, 0.15) is 57.6 Å². The van der Waals surface area contributed by atoms with E-state index in [1.54, 1.807) is 11.3 Å². The second-order valence-corrected chi connectivity index (χ2v) is 9.16. The van der Waals surface area contributed by atoms with Crippen LogP contribution in [0, 0.1) is 13.8 Å². The molecule has 1 amide bonds. The highest BCUT2D eigenvalue weighted by Gasteiger charge is 2.26. The van der Waals surface area contributed by atoms with Crippen LogP contribution in [0.4, 0.5) is 0 Å². The van der Waals surface area contributed by atoms with E-state index in [1.807, 2.05) is 19.2 Å². The second kappa shape index (κ2) is 8.35. The number of likely N-dealkylation sites (tertiary alicyclic amines) is 1. The topological polar surface area (TPSA) is 61.6 Å². The molecule has 1 fully saturated rings. The van der Waals surface area contributed by atoms with Gasteiger partial charge in [0, 0.05) is 48.0 Å². The zero-order valence-electron chi connectivity index (χ0n) is 17.1. The molecule has 7 heteroatoms. The average Bonchev–Trinajstić information content (AvgIpc) is 3.38. The number of amides is 1.